The number of β-amino-alcohol motifs (C(OH)–C–C–N with tert-alkyl or cyclic N) is 1. The second-order valence-corrected chi connectivity index (χ2v) is 6.37. The largest absolute Gasteiger partial charge is 0.386 e. The summed E-state index contributed by atoms with van der Waals surface area (Å²) in [5.74, 6) is 0.365. The molecule has 3 heterocycles. The summed E-state index contributed by atoms with van der Waals surface area (Å²) in [5, 5.41) is 18.0. The first-order valence-corrected chi connectivity index (χ1v) is 8.11. The van der Waals surface area contributed by atoms with E-state index < -0.39 is 5.60 Å². The first-order valence-electron chi connectivity index (χ1n) is 7.73. The van der Waals surface area contributed by atoms with Crippen molar-refractivity contribution in [2.45, 2.75) is 25.0 Å². The third kappa shape index (κ3) is 4.21. The Balaban J connectivity index is 1.54. The van der Waals surface area contributed by atoms with Gasteiger partial charge in [-0.25, -0.2) is 9.97 Å². The summed E-state index contributed by atoms with van der Waals surface area (Å²) in [4.78, 5) is 22.4. The van der Waals surface area contributed by atoms with Crippen molar-refractivity contribution in [3.8, 4) is 0 Å². The second-order valence-electron chi connectivity index (χ2n) is 5.93. The van der Waals surface area contributed by atoms with Crippen LogP contribution in [-0.4, -0.2) is 56.0 Å². The lowest BCUT2D eigenvalue weighted by Gasteiger charge is -2.39. The number of halogens is 1. The van der Waals surface area contributed by atoms with Crippen LogP contribution in [0.15, 0.2) is 30.9 Å². The summed E-state index contributed by atoms with van der Waals surface area (Å²) in [6.45, 7) is 1.40. The molecule has 0 aliphatic carbocycles. The molecule has 0 bridgehead atoms. The molecule has 128 valence electrons. The molecule has 9 heteroatoms. The highest BCUT2D eigenvalue weighted by atomic mass is 35.5. The van der Waals surface area contributed by atoms with Gasteiger partial charge in [-0.3, -0.25) is 9.48 Å². The van der Waals surface area contributed by atoms with Crippen LogP contribution in [-0.2, 0) is 11.3 Å². The number of aliphatic hydroxyl groups is 1. The predicted molar refractivity (Wildman–Crippen MR) is 88.7 cm³/mol. The zero-order chi connectivity index (χ0) is 17.0. The van der Waals surface area contributed by atoms with Crippen molar-refractivity contribution in [2.24, 2.45) is 0 Å². The van der Waals surface area contributed by atoms with Crippen LogP contribution in [0.3, 0.4) is 0 Å². The molecular weight excluding hydrogens is 332 g/mol. The third-order valence-electron chi connectivity index (χ3n) is 3.91. The molecule has 1 amide bonds. The van der Waals surface area contributed by atoms with Gasteiger partial charge < -0.3 is 15.3 Å². The number of anilines is 1. The van der Waals surface area contributed by atoms with Gasteiger partial charge in [0.15, 0.2) is 0 Å². The third-order valence-corrected chi connectivity index (χ3v) is 4.11. The Labute approximate surface area is 144 Å². The van der Waals surface area contributed by atoms with E-state index in [1.807, 2.05) is 4.90 Å². The predicted octanol–water partition coefficient (Wildman–Crippen LogP) is 0.474. The molecule has 0 radical (unpaired) electrons. The van der Waals surface area contributed by atoms with Gasteiger partial charge in [-0.1, -0.05) is 11.6 Å². The van der Waals surface area contributed by atoms with Gasteiger partial charge in [0.05, 0.1) is 23.4 Å². The van der Waals surface area contributed by atoms with Crippen LogP contribution >= 0.6 is 11.6 Å². The summed E-state index contributed by atoms with van der Waals surface area (Å²) < 4.78 is 1.45. The summed E-state index contributed by atoms with van der Waals surface area (Å²) in [6.07, 6.45) is 7.82. The average Bonchev–Trinajstić information content (AvgIpc) is 2.99. The fraction of sp³-hybridized carbons (Fsp3) is 0.467. The van der Waals surface area contributed by atoms with Gasteiger partial charge in [-0.15, -0.1) is 0 Å². The molecule has 0 aromatic carbocycles. The van der Waals surface area contributed by atoms with Crippen molar-refractivity contribution < 1.29 is 9.90 Å². The normalized spacial score (nSPS) is 20.8. The molecule has 1 unspecified atom stereocenters. The number of piperidine rings is 1. The minimum Gasteiger partial charge on any atom is -0.386 e. The molecule has 0 spiro atoms. The number of aromatic nitrogens is 4. The number of amides is 1. The molecule has 3 rings (SSSR count). The van der Waals surface area contributed by atoms with Crippen molar-refractivity contribution in [1.82, 2.24) is 25.1 Å². The van der Waals surface area contributed by atoms with E-state index >= 15 is 0 Å². The van der Waals surface area contributed by atoms with E-state index in [2.05, 4.69) is 20.4 Å². The topological polar surface area (TPSA) is 96.2 Å². The van der Waals surface area contributed by atoms with E-state index in [4.69, 9.17) is 11.6 Å². The number of nitrogens with zero attached hydrogens (tertiary/aromatic N) is 5. The Hall–Kier alpha value is -2.19. The molecular formula is C15H19ClN6O2. The van der Waals surface area contributed by atoms with E-state index in [0.717, 1.165) is 13.0 Å². The van der Waals surface area contributed by atoms with Gasteiger partial charge in [-0.05, 0) is 18.9 Å². The van der Waals surface area contributed by atoms with Crippen LogP contribution in [0.25, 0.3) is 0 Å². The van der Waals surface area contributed by atoms with E-state index in [1.54, 1.807) is 24.7 Å². The van der Waals surface area contributed by atoms with E-state index in [1.165, 1.54) is 10.9 Å². The Morgan fingerprint density at radius 2 is 2.21 bits per heavy atom. The van der Waals surface area contributed by atoms with E-state index in [9.17, 15) is 9.90 Å². The van der Waals surface area contributed by atoms with Crippen LogP contribution in [0.4, 0.5) is 5.95 Å². The second kappa shape index (κ2) is 7.14. The summed E-state index contributed by atoms with van der Waals surface area (Å²) >= 11 is 5.77. The Morgan fingerprint density at radius 3 is 2.92 bits per heavy atom. The van der Waals surface area contributed by atoms with Crippen LogP contribution in [0.5, 0.6) is 0 Å². The summed E-state index contributed by atoms with van der Waals surface area (Å²) in [6, 6.07) is 1.75. The van der Waals surface area contributed by atoms with Gasteiger partial charge in [0.25, 0.3) is 0 Å². The van der Waals surface area contributed by atoms with Gasteiger partial charge in [0.2, 0.25) is 11.9 Å². The summed E-state index contributed by atoms with van der Waals surface area (Å²) in [7, 11) is 0. The molecule has 1 saturated heterocycles. The minimum atomic E-state index is -1.01. The quantitative estimate of drug-likeness (QED) is 0.814. The molecule has 2 N–H and O–H groups in total. The molecule has 0 saturated carbocycles. The number of hydrogen-bond donors (Lipinski definition) is 2. The SMILES string of the molecule is O=C(Cn1cc(Cl)cn1)NCC1(O)CCCN(c2ncccn2)C1. The first kappa shape index (κ1) is 16.7. The van der Waals surface area contributed by atoms with E-state index in [0.29, 0.717) is 23.9 Å². The molecule has 1 atom stereocenters. The van der Waals surface area contributed by atoms with Crippen LogP contribution in [0.1, 0.15) is 12.8 Å². The number of carbonyl (C=O) groups is 1. The molecule has 2 aromatic heterocycles. The number of hydrogen-bond acceptors (Lipinski definition) is 6. The monoisotopic (exact) mass is 350 g/mol. The zero-order valence-corrected chi connectivity index (χ0v) is 13.9. The highest BCUT2D eigenvalue weighted by Gasteiger charge is 2.34. The van der Waals surface area contributed by atoms with Crippen molar-refractivity contribution in [2.75, 3.05) is 24.5 Å². The number of carbonyl (C=O) groups excluding carboxylic acids is 1. The van der Waals surface area contributed by atoms with Gasteiger partial charge >= 0.3 is 0 Å². The molecule has 1 aliphatic rings. The van der Waals surface area contributed by atoms with E-state index in [-0.39, 0.29) is 19.0 Å². The Bertz CT molecular complexity index is 694. The smallest absolute Gasteiger partial charge is 0.241 e. The fourth-order valence-corrected chi connectivity index (χ4v) is 2.93. The van der Waals surface area contributed by atoms with Gasteiger partial charge in [0, 0.05) is 31.7 Å². The van der Waals surface area contributed by atoms with Crippen molar-refractivity contribution in [3.05, 3.63) is 35.9 Å². The maximum Gasteiger partial charge on any atom is 0.241 e. The summed E-state index contributed by atoms with van der Waals surface area (Å²) in [5.41, 5.74) is -1.01. The standard InChI is InChI=1S/C15H19ClN6O2/c16-12-7-20-22(8-12)9-13(23)19-10-15(24)3-1-6-21(11-15)14-17-4-2-5-18-14/h2,4-5,7-8,24H,1,3,6,9-11H2,(H,19,23). The Kier molecular flexibility index (Phi) is 4.96. The van der Waals surface area contributed by atoms with Crippen LogP contribution in [0, 0.1) is 0 Å². The van der Waals surface area contributed by atoms with Gasteiger partial charge in [-0.2, -0.15) is 5.10 Å². The maximum atomic E-state index is 12.0. The fourth-order valence-electron chi connectivity index (χ4n) is 2.77. The number of rotatable bonds is 5. The lowest BCUT2D eigenvalue weighted by molar-refractivity contribution is -0.123. The highest BCUT2D eigenvalue weighted by Crippen LogP contribution is 2.23. The lowest BCUT2D eigenvalue weighted by atomic mass is 9.93. The van der Waals surface area contributed by atoms with Crippen molar-refractivity contribution in [3.63, 3.8) is 0 Å². The van der Waals surface area contributed by atoms with Crippen molar-refractivity contribution >= 4 is 23.5 Å². The first-order chi connectivity index (χ1) is 11.5. The highest BCUT2D eigenvalue weighted by molar-refractivity contribution is 6.30. The van der Waals surface area contributed by atoms with Crippen LogP contribution in [0.2, 0.25) is 5.02 Å². The Morgan fingerprint density at radius 1 is 1.42 bits per heavy atom. The molecule has 8 nitrogen and oxygen atoms in total. The molecule has 24 heavy (non-hydrogen) atoms. The lowest BCUT2D eigenvalue weighted by Crippen LogP contribution is -2.55. The maximum absolute atomic E-state index is 12.0. The molecule has 1 fully saturated rings. The van der Waals surface area contributed by atoms with Gasteiger partial charge in [0.1, 0.15) is 6.54 Å². The van der Waals surface area contributed by atoms with Crippen LogP contribution < -0.4 is 10.2 Å². The minimum absolute atomic E-state index is 0.0638. The average molecular weight is 351 g/mol. The van der Waals surface area contributed by atoms with Crippen molar-refractivity contribution in [1.29, 1.82) is 0 Å². The zero-order valence-electron chi connectivity index (χ0n) is 13.1. The number of nitrogens with one attached hydrogen (secondary N) is 1. The molecule has 1 aliphatic heterocycles. The molecule has 2 aromatic rings.